The van der Waals surface area contributed by atoms with Crippen molar-refractivity contribution < 1.29 is 24.4 Å². The summed E-state index contributed by atoms with van der Waals surface area (Å²) in [6, 6.07) is 15.6. The van der Waals surface area contributed by atoms with Crippen molar-refractivity contribution in [3.05, 3.63) is 100 Å². The molecule has 3 aliphatic rings. The minimum atomic E-state index is -1.50. The van der Waals surface area contributed by atoms with Gasteiger partial charge in [0, 0.05) is 11.1 Å². The van der Waals surface area contributed by atoms with Gasteiger partial charge in [0.2, 0.25) is 0 Å². The van der Waals surface area contributed by atoms with Crippen LogP contribution in [0.15, 0.2) is 93.9 Å². The highest BCUT2D eigenvalue weighted by atomic mass is 32.2. The van der Waals surface area contributed by atoms with Gasteiger partial charge in [0.15, 0.2) is 0 Å². The number of rotatable bonds is 4. The van der Waals surface area contributed by atoms with Gasteiger partial charge >= 0.3 is 0 Å². The summed E-state index contributed by atoms with van der Waals surface area (Å²) >= 11 is 0. The Morgan fingerprint density at radius 2 is 1.94 bits per heavy atom. The summed E-state index contributed by atoms with van der Waals surface area (Å²) in [6.45, 7) is 6.20. The molecule has 0 saturated heterocycles. The molecule has 0 fully saturated rings. The van der Waals surface area contributed by atoms with Gasteiger partial charge in [0.05, 0.1) is 32.1 Å². The molecule has 5 nitrogen and oxygen atoms in total. The highest BCUT2D eigenvalue weighted by Gasteiger charge is 2.48. The summed E-state index contributed by atoms with van der Waals surface area (Å²) in [6.07, 6.45) is 6.90. The van der Waals surface area contributed by atoms with Gasteiger partial charge in [-0.3, -0.25) is 4.90 Å². The fourth-order valence-corrected chi connectivity index (χ4v) is 6.46. The summed E-state index contributed by atoms with van der Waals surface area (Å²) in [4.78, 5) is 6.77. The van der Waals surface area contributed by atoms with Crippen molar-refractivity contribution in [1.82, 2.24) is 0 Å². The maximum atomic E-state index is 12.9. The second kappa shape index (κ2) is 7.67. The first-order valence-electron chi connectivity index (χ1n) is 10.6. The van der Waals surface area contributed by atoms with Crippen LogP contribution >= 0.6 is 0 Å². The fraction of sp³-hybridized carbons (Fsp3) is 0.231. The number of para-hydroxylation sites is 1. The van der Waals surface area contributed by atoms with Crippen LogP contribution in [0.4, 0.5) is 5.69 Å². The van der Waals surface area contributed by atoms with Crippen molar-refractivity contribution in [3.63, 3.8) is 0 Å². The molecule has 32 heavy (non-hydrogen) atoms. The SMILES string of the molecule is C/C(=C/C1=C(O)c2ccccc2S1=O)C(O[O-])C1=CC2[NH+](C=C1)c1ccccc1C2(C)C. The van der Waals surface area contributed by atoms with Gasteiger partial charge in [0.25, 0.3) is 0 Å². The molecule has 0 saturated carbocycles. The van der Waals surface area contributed by atoms with Crippen LogP contribution < -0.4 is 10.2 Å². The Balaban J connectivity index is 1.49. The predicted molar refractivity (Wildman–Crippen MR) is 122 cm³/mol. The van der Waals surface area contributed by atoms with E-state index in [-0.39, 0.29) is 17.2 Å². The molecule has 5 rings (SSSR count). The average molecular weight is 448 g/mol. The zero-order valence-corrected chi connectivity index (χ0v) is 19.0. The van der Waals surface area contributed by atoms with Crippen LogP contribution in [0.2, 0.25) is 0 Å². The lowest BCUT2D eigenvalue weighted by atomic mass is 9.79. The van der Waals surface area contributed by atoms with Crippen molar-refractivity contribution in [2.75, 3.05) is 0 Å². The van der Waals surface area contributed by atoms with Crippen LogP contribution in [-0.4, -0.2) is 21.5 Å². The van der Waals surface area contributed by atoms with Gasteiger partial charge in [-0.1, -0.05) is 30.3 Å². The molecular formula is C26H25NO4S. The normalized spacial score (nSPS) is 26.4. The Morgan fingerprint density at radius 3 is 2.69 bits per heavy atom. The average Bonchev–Trinajstić information content (AvgIpc) is 3.18. The van der Waals surface area contributed by atoms with Gasteiger partial charge in [0.1, 0.15) is 23.7 Å². The molecule has 3 heterocycles. The fourth-order valence-electron chi connectivity index (χ4n) is 5.08. The number of aliphatic hydroxyl groups excluding tert-OH is 1. The molecule has 0 aliphatic carbocycles. The lowest BCUT2D eigenvalue weighted by Crippen LogP contribution is -3.06. The van der Waals surface area contributed by atoms with Gasteiger partial charge < -0.3 is 15.3 Å². The number of hydrogen-bond acceptors (Lipinski definition) is 4. The molecule has 0 aromatic heterocycles. The van der Waals surface area contributed by atoms with Crippen LogP contribution in [0, 0.1) is 0 Å². The number of fused-ring (bicyclic) bond motifs is 4. The molecule has 2 aromatic rings. The summed E-state index contributed by atoms with van der Waals surface area (Å²) in [7, 11) is -1.50. The number of aliphatic hydroxyl groups is 1. The maximum absolute atomic E-state index is 12.9. The minimum absolute atomic E-state index is 0.0147. The molecule has 0 radical (unpaired) electrons. The Bertz CT molecular complexity index is 1250. The number of quaternary nitrogens is 1. The molecule has 2 aromatic carbocycles. The van der Waals surface area contributed by atoms with Crippen molar-refractivity contribution >= 4 is 22.2 Å². The van der Waals surface area contributed by atoms with Gasteiger partial charge in [-0.05, 0) is 68.3 Å². The zero-order chi connectivity index (χ0) is 22.6. The van der Waals surface area contributed by atoms with Gasteiger partial charge in [-0.25, -0.2) is 4.21 Å². The maximum Gasteiger partial charge on any atom is 0.140 e. The molecule has 0 spiro atoms. The topological polar surface area (TPSA) is 74.0 Å². The molecule has 164 valence electrons. The molecule has 0 amide bonds. The van der Waals surface area contributed by atoms with Crippen molar-refractivity contribution in [3.8, 4) is 0 Å². The first-order chi connectivity index (χ1) is 15.3. The summed E-state index contributed by atoms with van der Waals surface area (Å²) in [5.74, 6) is -0.0147. The lowest BCUT2D eigenvalue weighted by Gasteiger charge is -2.31. The molecular weight excluding hydrogens is 422 g/mol. The second-order valence-corrected chi connectivity index (χ2v) is 10.5. The van der Waals surface area contributed by atoms with E-state index in [1.165, 1.54) is 16.2 Å². The summed E-state index contributed by atoms with van der Waals surface area (Å²) < 4.78 is 12.9. The summed E-state index contributed by atoms with van der Waals surface area (Å²) in [5, 5.41) is 22.4. The van der Waals surface area contributed by atoms with Gasteiger partial charge in [-0.15, -0.1) is 0 Å². The smallest absolute Gasteiger partial charge is 0.140 e. The quantitative estimate of drug-likeness (QED) is 0.558. The zero-order valence-electron chi connectivity index (χ0n) is 18.2. The minimum Gasteiger partial charge on any atom is -0.723 e. The van der Waals surface area contributed by atoms with Crippen molar-refractivity contribution in [2.24, 2.45) is 0 Å². The van der Waals surface area contributed by atoms with Crippen LogP contribution in [0.25, 0.3) is 5.76 Å². The van der Waals surface area contributed by atoms with Crippen LogP contribution in [0.5, 0.6) is 0 Å². The highest BCUT2D eigenvalue weighted by molar-refractivity contribution is 7.90. The molecule has 4 unspecified atom stereocenters. The first kappa shape index (κ1) is 21.1. The number of nitrogens with one attached hydrogen (secondary N) is 1. The summed E-state index contributed by atoms with van der Waals surface area (Å²) in [5.41, 5.74) is 4.35. The Kier molecular flexibility index (Phi) is 5.06. The highest BCUT2D eigenvalue weighted by Crippen LogP contribution is 2.39. The number of allylic oxidation sites excluding steroid dienone is 1. The lowest BCUT2D eigenvalue weighted by molar-refractivity contribution is -0.795. The Morgan fingerprint density at radius 1 is 1.22 bits per heavy atom. The standard InChI is InChI=1S/C26H25NO4S/c1-16(14-22-24(28)18-8-4-7-11-21(18)32(22)30)25(31-29)17-12-13-27-20-10-6-5-9-19(20)26(2,3)23(27)15-17/h4-15,23,25,28-29H,1-3H3/b16-14-. The van der Waals surface area contributed by atoms with Crippen molar-refractivity contribution in [1.29, 1.82) is 0 Å². The van der Waals surface area contributed by atoms with E-state index in [9.17, 15) is 14.6 Å². The molecule has 3 aliphatic heterocycles. The third-order valence-corrected chi connectivity index (χ3v) is 8.27. The van der Waals surface area contributed by atoms with Crippen LogP contribution in [-0.2, 0) is 21.1 Å². The largest absolute Gasteiger partial charge is 0.723 e. The van der Waals surface area contributed by atoms with E-state index in [2.05, 4.69) is 49.2 Å². The predicted octanol–water partition coefficient (Wildman–Crippen LogP) is 2.97. The van der Waals surface area contributed by atoms with E-state index in [1.807, 2.05) is 12.1 Å². The molecule has 6 heteroatoms. The first-order valence-corrected chi connectivity index (χ1v) is 11.8. The van der Waals surface area contributed by atoms with E-state index < -0.39 is 16.9 Å². The second-order valence-electron chi connectivity index (χ2n) is 9.04. The van der Waals surface area contributed by atoms with E-state index in [4.69, 9.17) is 0 Å². The Hall–Kier alpha value is -2.77. The van der Waals surface area contributed by atoms with E-state index >= 15 is 0 Å². The number of hydrogen-bond donors (Lipinski definition) is 2. The van der Waals surface area contributed by atoms with E-state index in [0.717, 1.165) is 5.57 Å². The molecule has 0 bridgehead atoms. The third kappa shape index (κ3) is 3.06. The molecule has 2 N–H and O–H groups in total. The van der Waals surface area contributed by atoms with E-state index in [0.29, 0.717) is 20.9 Å². The Labute approximate surface area is 190 Å². The van der Waals surface area contributed by atoms with Crippen LogP contribution in [0.3, 0.4) is 0 Å². The monoisotopic (exact) mass is 447 g/mol. The number of benzene rings is 2. The third-order valence-electron chi connectivity index (χ3n) is 6.81. The van der Waals surface area contributed by atoms with Crippen LogP contribution in [0.1, 0.15) is 31.9 Å². The van der Waals surface area contributed by atoms with E-state index in [1.54, 1.807) is 37.3 Å². The van der Waals surface area contributed by atoms with Crippen molar-refractivity contribution in [2.45, 2.75) is 43.2 Å². The van der Waals surface area contributed by atoms with Gasteiger partial charge in [-0.2, -0.15) is 0 Å². The molecule has 4 atom stereocenters.